The van der Waals surface area contributed by atoms with Crippen molar-refractivity contribution in [3.63, 3.8) is 0 Å². The summed E-state index contributed by atoms with van der Waals surface area (Å²) in [6.07, 6.45) is 4.60. The molecule has 1 aliphatic heterocycles. The van der Waals surface area contributed by atoms with E-state index in [0.717, 1.165) is 33.5 Å². The van der Waals surface area contributed by atoms with E-state index in [1.807, 2.05) is 48.5 Å². The van der Waals surface area contributed by atoms with Crippen molar-refractivity contribution in [2.45, 2.75) is 32.7 Å². The SMILES string of the molecule is CC1(C)CC(=O)C2=C(C1)Nc1ccccc1N(C(=O)c1ccc(Br)cc1)[C@@H]2c1cccnc1. The minimum atomic E-state index is -0.579. The van der Waals surface area contributed by atoms with Gasteiger partial charge in [0.25, 0.3) is 5.91 Å². The normalized spacial score (nSPS) is 19.3. The topological polar surface area (TPSA) is 62.3 Å². The Morgan fingerprint density at radius 2 is 1.82 bits per heavy atom. The number of para-hydroxylation sites is 2. The van der Waals surface area contributed by atoms with Gasteiger partial charge in [0.2, 0.25) is 0 Å². The van der Waals surface area contributed by atoms with Crippen molar-refractivity contribution in [2.75, 3.05) is 10.2 Å². The fourth-order valence-corrected chi connectivity index (χ4v) is 5.06. The number of rotatable bonds is 2. The molecule has 1 atom stereocenters. The number of hydrogen-bond acceptors (Lipinski definition) is 4. The largest absolute Gasteiger partial charge is 0.357 e. The molecule has 0 spiro atoms. The number of carbonyl (C=O) groups is 2. The first kappa shape index (κ1) is 21.6. The van der Waals surface area contributed by atoms with Crippen LogP contribution in [-0.4, -0.2) is 16.7 Å². The van der Waals surface area contributed by atoms with Gasteiger partial charge in [0.1, 0.15) is 0 Å². The highest BCUT2D eigenvalue weighted by molar-refractivity contribution is 9.10. The number of carbonyl (C=O) groups excluding carboxylic acids is 2. The molecule has 0 fully saturated rings. The standard InChI is InChI=1S/C27H24BrN3O2/c1-27(2)14-21-24(23(32)15-27)25(18-6-5-13-29-16-18)31(22-8-4-3-7-20(22)30-21)26(33)17-9-11-19(28)12-10-17/h3-13,16,25,30H,14-15H2,1-2H3/t25-/m1/s1. The number of anilines is 2. The van der Waals surface area contributed by atoms with Crippen LogP contribution in [0.15, 0.2) is 88.8 Å². The molecule has 0 bridgehead atoms. The van der Waals surface area contributed by atoms with Crippen LogP contribution < -0.4 is 10.2 Å². The van der Waals surface area contributed by atoms with Gasteiger partial charge >= 0.3 is 0 Å². The van der Waals surface area contributed by atoms with Crippen LogP contribution in [0.1, 0.15) is 48.7 Å². The van der Waals surface area contributed by atoms with Crippen LogP contribution in [0.25, 0.3) is 0 Å². The molecule has 5 rings (SSSR count). The zero-order valence-corrected chi connectivity index (χ0v) is 20.1. The summed E-state index contributed by atoms with van der Waals surface area (Å²) in [5.41, 5.74) is 4.26. The summed E-state index contributed by atoms with van der Waals surface area (Å²) < 4.78 is 0.899. The molecular weight excluding hydrogens is 478 g/mol. The van der Waals surface area contributed by atoms with Gasteiger partial charge in [-0.2, -0.15) is 0 Å². The third-order valence-electron chi connectivity index (χ3n) is 6.21. The van der Waals surface area contributed by atoms with Gasteiger partial charge < -0.3 is 5.32 Å². The van der Waals surface area contributed by atoms with Gasteiger partial charge in [-0.3, -0.25) is 19.5 Å². The van der Waals surface area contributed by atoms with Crippen molar-refractivity contribution in [3.8, 4) is 0 Å². The quantitative estimate of drug-likeness (QED) is 0.447. The smallest absolute Gasteiger partial charge is 0.259 e. The van der Waals surface area contributed by atoms with Crippen LogP contribution in [0, 0.1) is 5.41 Å². The summed E-state index contributed by atoms with van der Waals surface area (Å²) in [5, 5.41) is 3.53. The lowest BCUT2D eigenvalue weighted by Gasteiger charge is -2.37. The van der Waals surface area contributed by atoms with Crippen molar-refractivity contribution < 1.29 is 9.59 Å². The van der Waals surface area contributed by atoms with Gasteiger partial charge in [0, 0.05) is 40.1 Å². The number of allylic oxidation sites excluding steroid dienone is 1. The Hall–Kier alpha value is -3.25. The Morgan fingerprint density at radius 1 is 1.06 bits per heavy atom. The second-order valence-corrected chi connectivity index (χ2v) is 10.3. The van der Waals surface area contributed by atoms with E-state index in [1.165, 1.54) is 0 Å². The van der Waals surface area contributed by atoms with Crippen molar-refractivity contribution in [1.29, 1.82) is 0 Å². The zero-order chi connectivity index (χ0) is 23.2. The number of hydrogen-bond donors (Lipinski definition) is 1. The predicted molar refractivity (Wildman–Crippen MR) is 133 cm³/mol. The molecule has 0 radical (unpaired) electrons. The van der Waals surface area contributed by atoms with E-state index in [0.29, 0.717) is 17.6 Å². The summed E-state index contributed by atoms with van der Waals surface area (Å²) in [6, 6.07) is 18.3. The van der Waals surface area contributed by atoms with E-state index in [4.69, 9.17) is 0 Å². The number of fused-ring (bicyclic) bond motifs is 1. The van der Waals surface area contributed by atoms with Crippen LogP contribution in [0.2, 0.25) is 0 Å². The molecule has 6 heteroatoms. The highest BCUT2D eigenvalue weighted by Crippen LogP contribution is 2.48. The first-order valence-electron chi connectivity index (χ1n) is 11.0. The summed E-state index contributed by atoms with van der Waals surface area (Å²) in [5.74, 6) is -0.110. The number of pyridine rings is 1. The molecule has 0 saturated heterocycles. The highest BCUT2D eigenvalue weighted by atomic mass is 79.9. The van der Waals surface area contributed by atoms with Gasteiger partial charge in [0.05, 0.1) is 17.4 Å². The molecule has 0 unspecified atom stereocenters. The van der Waals surface area contributed by atoms with E-state index < -0.39 is 6.04 Å². The number of halogens is 1. The molecule has 0 saturated carbocycles. The fourth-order valence-electron chi connectivity index (χ4n) is 4.80. The van der Waals surface area contributed by atoms with Crippen LogP contribution in [0.3, 0.4) is 0 Å². The van der Waals surface area contributed by atoms with Gasteiger partial charge in [0.15, 0.2) is 5.78 Å². The van der Waals surface area contributed by atoms with Crippen LogP contribution >= 0.6 is 15.9 Å². The molecular formula is C27H24BrN3O2. The molecule has 2 heterocycles. The lowest BCUT2D eigenvalue weighted by Crippen LogP contribution is -2.39. The van der Waals surface area contributed by atoms with E-state index in [9.17, 15) is 9.59 Å². The van der Waals surface area contributed by atoms with Crippen molar-refractivity contribution in [1.82, 2.24) is 4.98 Å². The van der Waals surface area contributed by atoms with Gasteiger partial charge in [-0.1, -0.05) is 48.0 Å². The minimum Gasteiger partial charge on any atom is -0.357 e. The average molecular weight is 502 g/mol. The third kappa shape index (κ3) is 4.00. The number of amides is 1. The molecule has 1 aliphatic carbocycles. The number of Topliss-reactive ketones (excluding diaryl/α,β-unsaturated/α-hetero) is 1. The van der Waals surface area contributed by atoms with Gasteiger partial charge in [-0.05, 0) is 59.9 Å². The van der Waals surface area contributed by atoms with Crippen molar-refractivity contribution >= 4 is 39.0 Å². The Kier molecular flexibility index (Phi) is 5.41. The zero-order valence-electron chi connectivity index (χ0n) is 18.5. The second-order valence-electron chi connectivity index (χ2n) is 9.35. The first-order valence-corrected chi connectivity index (χ1v) is 11.7. The summed E-state index contributed by atoms with van der Waals surface area (Å²) >= 11 is 3.45. The third-order valence-corrected chi connectivity index (χ3v) is 6.74. The van der Waals surface area contributed by atoms with Crippen LogP contribution in [-0.2, 0) is 4.79 Å². The number of nitrogens with zero attached hydrogens (tertiary/aromatic N) is 2. The monoisotopic (exact) mass is 501 g/mol. The lowest BCUT2D eigenvalue weighted by atomic mass is 9.73. The summed E-state index contributed by atoms with van der Waals surface area (Å²) in [4.78, 5) is 33.7. The molecule has 33 heavy (non-hydrogen) atoms. The molecule has 1 aromatic heterocycles. The predicted octanol–water partition coefficient (Wildman–Crippen LogP) is 6.30. The fraction of sp³-hybridized carbons (Fsp3) is 0.222. The maximum Gasteiger partial charge on any atom is 0.259 e. The Balaban J connectivity index is 1.78. The summed E-state index contributed by atoms with van der Waals surface area (Å²) in [7, 11) is 0. The van der Waals surface area contributed by atoms with E-state index >= 15 is 0 Å². The van der Waals surface area contributed by atoms with E-state index in [1.54, 1.807) is 29.4 Å². The molecule has 1 N–H and O–H groups in total. The molecule has 3 aromatic rings. The maximum atomic E-state index is 14.0. The number of benzene rings is 2. The first-order chi connectivity index (χ1) is 15.8. The molecule has 166 valence electrons. The molecule has 2 aromatic carbocycles. The second kappa shape index (κ2) is 8.27. The lowest BCUT2D eigenvalue weighted by molar-refractivity contribution is -0.118. The number of ketones is 1. The van der Waals surface area contributed by atoms with Gasteiger partial charge in [-0.25, -0.2) is 0 Å². The minimum absolute atomic E-state index is 0.0593. The van der Waals surface area contributed by atoms with Crippen LogP contribution in [0.4, 0.5) is 11.4 Å². The molecule has 5 nitrogen and oxygen atoms in total. The van der Waals surface area contributed by atoms with Crippen LogP contribution in [0.5, 0.6) is 0 Å². The van der Waals surface area contributed by atoms with E-state index in [2.05, 4.69) is 40.1 Å². The maximum absolute atomic E-state index is 14.0. The van der Waals surface area contributed by atoms with Gasteiger partial charge in [-0.15, -0.1) is 0 Å². The Morgan fingerprint density at radius 3 is 2.55 bits per heavy atom. The van der Waals surface area contributed by atoms with E-state index in [-0.39, 0.29) is 17.1 Å². The number of aromatic nitrogens is 1. The Bertz CT molecular complexity index is 1270. The molecule has 2 aliphatic rings. The molecule has 1 amide bonds. The summed E-state index contributed by atoms with van der Waals surface area (Å²) in [6.45, 7) is 4.22. The van der Waals surface area contributed by atoms with Crippen molar-refractivity contribution in [2.24, 2.45) is 5.41 Å². The van der Waals surface area contributed by atoms with Crippen molar-refractivity contribution in [3.05, 3.63) is 99.9 Å². The Labute approximate surface area is 201 Å². The highest BCUT2D eigenvalue weighted by Gasteiger charge is 2.43. The average Bonchev–Trinajstić information content (AvgIpc) is 2.93. The number of nitrogens with one attached hydrogen (secondary N) is 1.